The fourth-order valence-electron chi connectivity index (χ4n) is 3.33. The van der Waals surface area contributed by atoms with Crippen LogP contribution in [-0.2, 0) is 24.2 Å². The standard InChI is InChI=1S/C25H21NO3/c27-25(28)16-21-7-2-1-6-20(21)15-18-9-13-23(14-10-18)29-17-22-12-11-19-5-3-4-8-24(19)26-22/h1-14H,15-17H2,(H,27,28). The summed E-state index contributed by atoms with van der Waals surface area (Å²) < 4.78 is 5.88. The Bertz CT molecular complexity index is 1140. The molecule has 3 aromatic carbocycles. The monoisotopic (exact) mass is 383 g/mol. The van der Waals surface area contributed by atoms with Gasteiger partial charge in [-0.1, -0.05) is 60.7 Å². The third-order valence-corrected chi connectivity index (χ3v) is 4.82. The maximum atomic E-state index is 11.1. The number of hydrogen-bond donors (Lipinski definition) is 1. The van der Waals surface area contributed by atoms with Gasteiger partial charge in [0.1, 0.15) is 12.4 Å². The van der Waals surface area contributed by atoms with Crippen LogP contribution in [0.5, 0.6) is 5.75 Å². The van der Waals surface area contributed by atoms with E-state index in [9.17, 15) is 4.79 Å². The largest absolute Gasteiger partial charge is 0.487 e. The summed E-state index contributed by atoms with van der Waals surface area (Å²) in [6, 6.07) is 27.6. The number of carbonyl (C=O) groups is 1. The van der Waals surface area contributed by atoms with Crippen molar-refractivity contribution < 1.29 is 14.6 Å². The summed E-state index contributed by atoms with van der Waals surface area (Å²) >= 11 is 0. The summed E-state index contributed by atoms with van der Waals surface area (Å²) in [5.74, 6) is -0.0361. The highest BCUT2D eigenvalue weighted by molar-refractivity contribution is 5.78. The zero-order valence-corrected chi connectivity index (χ0v) is 15.9. The second-order valence-electron chi connectivity index (χ2n) is 6.94. The average Bonchev–Trinajstić information content (AvgIpc) is 2.74. The van der Waals surface area contributed by atoms with Gasteiger partial charge in [0.25, 0.3) is 0 Å². The van der Waals surface area contributed by atoms with Crippen molar-refractivity contribution in [2.24, 2.45) is 0 Å². The second-order valence-corrected chi connectivity index (χ2v) is 6.94. The molecule has 0 bridgehead atoms. The van der Waals surface area contributed by atoms with E-state index in [1.165, 1.54) is 0 Å². The Labute approximate surface area is 169 Å². The summed E-state index contributed by atoms with van der Waals surface area (Å²) in [6.45, 7) is 0.408. The van der Waals surface area contributed by atoms with E-state index in [0.29, 0.717) is 13.0 Å². The number of fused-ring (bicyclic) bond motifs is 1. The maximum absolute atomic E-state index is 11.1. The van der Waals surface area contributed by atoms with E-state index in [4.69, 9.17) is 9.84 Å². The minimum Gasteiger partial charge on any atom is -0.487 e. The van der Waals surface area contributed by atoms with Crippen LogP contribution >= 0.6 is 0 Å². The van der Waals surface area contributed by atoms with Crippen molar-refractivity contribution in [2.75, 3.05) is 0 Å². The molecule has 4 aromatic rings. The van der Waals surface area contributed by atoms with E-state index in [1.54, 1.807) is 0 Å². The molecule has 0 saturated carbocycles. The zero-order chi connectivity index (χ0) is 20.1. The Hall–Kier alpha value is -3.66. The van der Waals surface area contributed by atoms with Crippen molar-refractivity contribution in [3.05, 3.63) is 107 Å². The Morgan fingerprint density at radius 1 is 0.828 bits per heavy atom. The molecule has 4 nitrogen and oxygen atoms in total. The minimum atomic E-state index is -0.816. The zero-order valence-electron chi connectivity index (χ0n) is 15.9. The summed E-state index contributed by atoms with van der Waals surface area (Å²) in [5, 5.41) is 10.2. The van der Waals surface area contributed by atoms with Crippen LogP contribution in [0.2, 0.25) is 0 Å². The number of carboxylic acid groups (broad SMARTS) is 1. The summed E-state index contributed by atoms with van der Waals surface area (Å²) in [6.07, 6.45) is 0.728. The van der Waals surface area contributed by atoms with Crippen LogP contribution in [-0.4, -0.2) is 16.1 Å². The van der Waals surface area contributed by atoms with Gasteiger partial charge in [-0.25, -0.2) is 4.98 Å². The smallest absolute Gasteiger partial charge is 0.307 e. The first-order valence-corrected chi connectivity index (χ1v) is 9.52. The lowest BCUT2D eigenvalue weighted by atomic mass is 9.98. The van der Waals surface area contributed by atoms with Gasteiger partial charge < -0.3 is 9.84 Å². The quantitative estimate of drug-likeness (QED) is 0.486. The molecule has 0 spiro atoms. The number of pyridine rings is 1. The van der Waals surface area contributed by atoms with E-state index >= 15 is 0 Å². The van der Waals surface area contributed by atoms with Crippen molar-refractivity contribution >= 4 is 16.9 Å². The molecule has 1 N–H and O–H groups in total. The van der Waals surface area contributed by atoms with Gasteiger partial charge in [0, 0.05) is 5.39 Å². The molecule has 1 heterocycles. The number of carboxylic acids is 1. The normalized spacial score (nSPS) is 10.8. The molecule has 1 aromatic heterocycles. The number of hydrogen-bond acceptors (Lipinski definition) is 3. The molecule has 0 atom stereocenters. The van der Waals surface area contributed by atoms with E-state index in [-0.39, 0.29) is 6.42 Å². The molecule has 0 saturated heterocycles. The SMILES string of the molecule is O=C(O)Cc1ccccc1Cc1ccc(OCc2ccc3ccccc3n2)cc1. The van der Waals surface area contributed by atoms with Crippen LogP contribution in [0.15, 0.2) is 84.9 Å². The van der Waals surface area contributed by atoms with Gasteiger partial charge in [0.2, 0.25) is 0 Å². The van der Waals surface area contributed by atoms with E-state index < -0.39 is 5.97 Å². The van der Waals surface area contributed by atoms with Crippen LogP contribution in [0.3, 0.4) is 0 Å². The molecule has 144 valence electrons. The number of nitrogens with zero attached hydrogens (tertiary/aromatic N) is 1. The number of ether oxygens (including phenoxy) is 1. The van der Waals surface area contributed by atoms with E-state index in [1.807, 2.05) is 78.9 Å². The summed E-state index contributed by atoms with van der Waals surface area (Å²) in [5.41, 5.74) is 4.84. The molecular formula is C25H21NO3. The molecule has 0 aliphatic rings. The van der Waals surface area contributed by atoms with Crippen LogP contribution < -0.4 is 4.74 Å². The van der Waals surface area contributed by atoms with Gasteiger partial charge in [0.15, 0.2) is 0 Å². The number of aromatic nitrogens is 1. The Morgan fingerprint density at radius 2 is 1.55 bits per heavy atom. The van der Waals surface area contributed by atoms with E-state index in [0.717, 1.165) is 39.0 Å². The third-order valence-electron chi connectivity index (χ3n) is 4.82. The summed E-state index contributed by atoms with van der Waals surface area (Å²) in [4.78, 5) is 15.7. The predicted octanol–water partition coefficient (Wildman–Crippen LogP) is 5.03. The number of para-hydroxylation sites is 1. The van der Waals surface area contributed by atoms with Crippen molar-refractivity contribution in [1.82, 2.24) is 4.98 Å². The Morgan fingerprint density at radius 3 is 2.34 bits per heavy atom. The van der Waals surface area contributed by atoms with Crippen molar-refractivity contribution in [3.8, 4) is 5.75 Å². The molecule has 0 amide bonds. The lowest BCUT2D eigenvalue weighted by Gasteiger charge is -2.10. The molecule has 0 aliphatic carbocycles. The van der Waals surface area contributed by atoms with Crippen LogP contribution in [0.1, 0.15) is 22.4 Å². The van der Waals surface area contributed by atoms with Crippen molar-refractivity contribution in [1.29, 1.82) is 0 Å². The minimum absolute atomic E-state index is 0.0378. The third kappa shape index (κ3) is 4.79. The van der Waals surface area contributed by atoms with Gasteiger partial charge in [-0.05, 0) is 47.4 Å². The second kappa shape index (κ2) is 8.57. The highest BCUT2D eigenvalue weighted by Gasteiger charge is 2.07. The number of aliphatic carboxylic acids is 1. The molecular weight excluding hydrogens is 362 g/mol. The molecule has 0 fully saturated rings. The molecule has 0 radical (unpaired) electrons. The topological polar surface area (TPSA) is 59.4 Å². The average molecular weight is 383 g/mol. The first kappa shape index (κ1) is 18.7. The van der Waals surface area contributed by atoms with Crippen molar-refractivity contribution in [3.63, 3.8) is 0 Å². The van der Waals surface area contributed by atoms with E-state index in [2.05, 4.69) is 11.1 Å². The lowest BCUT2D eigenvalue weighted by molar-refractivity contribution is -0.136. The Kier molecular flexibility index (Phi) is 5.52. The Balaban J connectivity index is 1.41. The predicted molar refractivity (Wildman–Crippen MR) is 113 cm³/mol. The molecule has 29 heavy (non-hydrogen) atoms. The molecule has 4 heteroatoms. The van der Waals surface area contributed by atoms with Gasteiger partial charge >= 0.3 is 5.97 Å². The van der Waals surface area contributed by atoms with Crippen LogP contribution in [0, 0.1) is 0 Å². The highest BCUT2D eigenvalue weighted by atomic mass is 16.5. The van der Waals surface area contributed by atoms with Gasteiger partial charge in [-0.3, -0.25) is 4.79 Å². The fourth-order valence-corrected chi connectivity index (χ4v) is 3.33. The molecule has 0 unspecified atom stereocenters. The number of rotatable bonds is 7. The fraction of sp³-hybridized carbons (Fsp3) is 0.120. The first-order valence-electron chi connectivity index (χ1n) is 9.52. The van der Waals surface area contributed by atoms with Crippen LogP contribution in [0.25, 0.3) is 10.9 Å². The molecule has 4 rings (SSSR count). The van der Waals surface area contributed by atoms with Gasteiger partial charge in [-0.15, -0.1) is 0 Å². The van der Waals surface area contributed by atoms with Crippen LogP contribution in [0.4, 0.5) is 0 Å². The molecule has 0 aliphatic heterocycles. The maximum Gasteiger partial charge on any atom is 0.307 e. The summed E-state index contributed by atoms with van der Waals surface area (Å²) in [7, 11) is 0. The highest BCUT2D eigenvalue weighted by Crippen LogP contribution is 2.19. The van der Waals surface area contributed by atoms with Gasteiger partial charge in [0.05, 0.1) is 17.6 Å². The lowest BCUT2D eigenvalue weighted by Crippen LogP contribution is -2.04. The number of benzene rings is 3. The van der Waals surface area contributed by atoms with Gasteiger partial charge in [-0.2, -0.15) is 0 Å². The van der Waals surface area contributed by atoms with Crippen molar-refractivity contribution in [2.45, 2.75) is 19.4 Å². The first-order chi connectivity index (χ1) is 14.2.